The summed E-state index contributed by atoms with van der Waals surface area (Å²) in [5, 5.41) is 7.62. The van der Waals surface area contributed by atoms with Gasteiger partial charge in [-0.3, -0.25) is 9.89 Å². The summed E-state index contributed by atoms with van der Waals surface area (Å²) < 4.78 is 13.1. The third kappa shape index (κ3) is 4.08. The van der Waals surface area contributed by atoms with E-state index in [1.165, 1.54) is 17.7 Å². The zero-order valence-corrected chi connectivity index (χ0v) is 15.1. The van der Waals surface area contributed by atoms with E-state index in [-0.39, 0.29) is 17.6 Å². The Morgan fingerprint density at radius 2 is 1.93 bits per heavy atom. The molecule has 1 atom stereocenters. The van der Waals surface area contributed by atoms with Gasteiger partial charge in [0.05, 0.1) is 5.69 Å². The monoisotopic (exact) mass is 363 g/mol. The normalized spacial score (nSPS) is 17.1. The molecule has 0 radical (unpaired) electrons. The number of aromatic nitrogens is 2. The Hall–Kier alpha value is -2.95. The van der Waals surface area contributed by atoms with E-state index in [2.05, 4.69) is 28.4 Å². The number of rotatable bonds is 4. The standard InChI is InChI=1S/C22H22FN3O/c23-19-10-8-17(9-11-19)22(27)26-12-4-7-18(15-26)21-14-20(24-25-21)13-16-5-2-1-3-6-16/h1-3,5-6,8-11,14,18H,4,7,12-13,15H2,(H,24,25)/t18-/m0/s1. The summed E-state index contributed by atoms with van der Waals surface area (Å²) in [6.45, 7) is 1.39. The molecule has 0 unspecified atom stereocenters. The van der Waals surface area contributed by atoms with Gasteiger partial charge < -0.3 is 4.90 Å². The second-order valence-corrected chi connectivity index (χ2v) is 7.07. The number of H-pyrrole nitrogens is 1. The van der Waals surface area contributed by atoms with E-state index < -0.39 is 0 Å². The van der Waals surface area contributed by atoms with Gasteiger partial charge in [-0.05, 0) is 48.7 Å². The maximum Gasteiger partial charge on any atom is 0.253 e. The van der Waals surface area contributed by atoms with Crippen LogP contribution in [0.1, 0.15) is 46.1 Å². The third-order valence-corrected chi connectivity index (χ3v) is 5.12. The minimum Gasteiger partial charge on any atom is -0.338 e. The lowest BCUT2D eigenvalue weighted by molar-refractivity contribution is 0.0706. The molecular weight excluding hydrogens is 341 g/mol. The van der Waals surface area contributed by atoms with Crippen LogP contribution in [0.5, 0.6) is 0 Å². The molecular formula is C22H22FN3O. The SMILES string of the molecule is O=C(c1ccc(F)cc1)N1CCC[C@H](c2cc(Cc3ccccc3)n[nH]2)C1. The smallest absolute Gasteiger partial charge is 0.253 e. The lowest BCUT2D eigenvalue weighted by Crippen LogP contribution is -2.39. The van der Waals surface area contributed by atoms with Gasteiger partial charge in [-0.15, -0.1) is 0 Å². The molecule has 4 rings (SSSR count). The van der Waals surface area contributed by atoms with Gasteiger partial charge in [-0.25, -0.2) is 4.39 Å². The van der Waals surface area contributed by atoms with Crippen molar-refractivity contribution in [3.8, 4) is 0 Å². The van der Waals surface area contributed by atoms with Gasteiger partial charge in [0.2, 0.25) is 0 Å². The van der Waals surface area contributed by atoms with E-state index in [0.29, 0.717) is 12.1 Å². The quantitative estimate of drug-likeness (QED) is 0.757. The van der Waals surface area contributed by atoms with E-state index in [1.54, 1.807) is 12.1 Å². The Bertz CT molecular complexity index is 905. The predicted molar refractivity (Wildman–Crippen MR) is 102 cm³/mol. The molecule has 1 fully saturated rings. The number of hydrogen-bond acceptors (Lipinski definition) is 2. The Morgan fingerprint density at radius 1 is 1.15 bits per heavy atom. The molecule has 2 aromatic carbocycles. The molecule has 1 saturated heterocycles. The number of nitrogens with zero attached hydrogens (tertiary/aromatic N) is 2. The molecule has 4 nitrogen and oxygen atoms in total. The number of hydrogen-bond donors (Lipinski definition) is 1. The number of amides is 1. The Kier molecular flexibility index (Phi) is 5.01. The summed E-state index contributed by atoms with van der Waals surface area (Å²) in [7, 11) is 0. The number of halogens is 1. The maximum atomic E-state index is 13.1. The molecule has 1 amide bonds. The molecule has 3 aromatic rings. The second kappa shape index (κ2) is 7.74. The van der Waals surface area contributed by atoms with Gasteiger partial charge in [0.15, 0.2) is 0 Å². The van der Waals surface area contributed by atoms with E-state index in [9.17, 15) is 9.18 Å². The van der Waals surface area contributed by atoms with Crippen molar-refractivity contribution in [1.29, 1.82) is 0 Å². The van der Waals surface area contributed by atoms with Crippen molar-refractivity contribution >= 4 is 5.91 Å². The average molecular weight is 363 g/mol. The van der Waals surface area contributed by atoms with Crippen LogP contribution in [0.4, 0.5) is 4.39 Å². The molecule has 1 aliphatic rings. The van der Waals surface area contributed by atoms with Gasteiger partial charge in [0, 0.05) is 36.7 Å². The van der Waals surface area contributed by atoms with E-state index in [0.717, 1.165) is 37.2 Å². The van der Waals surface area contributed by atoms with Crippen molar-refractivity contribution < 1.29 is 9.18 Å². The predicted octanol–water partition coefficient (Wildman–Crippen LogP) is 4.16. The molecule has 138 valence electrons. The van der Waals surface area contributed by atoms with Crippen LogP contribution in [0.2, 0.25) is 0 Å². The molecule has 2 heterocycles. The average Bonchev–Trinajstić information content (AvgIpc) is 3.17. The number of likely N-dealkylation sites (tertiary alicyclic amines) is 1. The van der Waals surface area contributed by atoms with Crippen molar-refractivity contribution in [3.05, 3.63) is 89.0 Å². The number of benzene rings is 2. The van der Waals surface area contributed by atoms with Crippen LogP contribution in [0.15, 0.2) is 60.7 Å². The first-order valence-corrected chi connectivity index (χ1v) is 9.32. The second-order valence-electron chi connectivity index (χ2n) is 7.07. The first kappa shape index (κ1) is 17.5. The highest BCUT2D eigenvalue weighted by molar-refractivity contribution is 5.94. The van der Waals surface area contributed by atoms with Crippen LogP contribution in [0.25, 0.3) is 0 Å². The van der Waals surface area contributed by atoms with Gasteiger partial charge in [-0.2, -0.15) is 5.10 Å². The molecule has 0 saturated carbocycles. The first-order valence-electron chi connectivity index (χ1n) is 9.32. The fourth-order valence-corrected chi connectivity index (χ4v) is 3.68. The van der Waals surface area contributed by atoms with E-state index in [4.69, 9.17) is 0 Å². The highest BCUT2D eigenvalue weighted by Crippen LogP contribution is 2.27. The van der Waals surface area contributed by atoms with Gasteiger partial charge >= 0.3 is 0 Å². The van der Waals surface area contributed by atoms with Gasteiger partial charge in [-0.1, -0.05) is 30.3 Å². The summed E-state index contributed by atoms with van der Waals surface area (Å²) in [6.07, 6.45) is 2.77. The van der Waals surface area contributed by atoms with Crippen molar-refractivity contribution in [3.63, 3.8) is 0 Å². The van der Waals surface area contributed by atoms with Crippen LogP contribution in [-0.2, 0) is 6.42 Å². The fourth-order valence-electron chi connectivity index (χ4n) is 3.68. The van der Waals surface area contributed by atoms with Crippen LogP contribution < -0.4 is 0 Å². The van der Waals surface area contributed by atoms with Crippen LogP contribution in [0.3, 0.4) is 0 Å². The number of piperidine rings is 1. The largest absolute Gasteiger partial charge is 0.338 e. The van der Waals surface area contributed by atoms with Gasteiger partial charge in [0.25, 0.3) is 5.91 Å². The lowest BCUT2D eigenvalue weighted by atomic mass is 9.94. The summed E-state index contributed by atoms with van der Waals surface area (Å²) in [6, 6.07) is 18.1. The summed E-state index contributed by atoms with van der Waals surface area (Å²) in [4.78, 5) is 14.6. The number of carbonyl (C=O) groups is 1. The van der Waals surface area contributed by atoms with Crippen LogP contribution in [-0.4, -0.2) is 34.1 Å². The maximum absolute atomic E-state index is 13.1. The summed E-state index contributed by atoms with van der Waals surface area (Å²) in [5.74, 6) is -0.115. The van der Waals surface area contributed by atoms with Crippen molar-refractivity contribution in [2.45, 2.75) is 25.2 Å². The molecule has 1 N–H and O–H groups in total. The summed E-state index contributed by atoms with van der Waals surface area (Å²) in [5.41, 5.74) is 3.86. The molecule has 1 aliphatic heterocycles. The van der Waals surface area contributed by atoms with Gasteiger partial charge in [0.1, 0.15) is 5.82 Å². The zero-order chi connectivity index (χ0) is 18.6. The van der Waals surface area contributed by atoms with Crippen molar-refractivity contribution in [1.82, 2.24) is 15.1 Å². The first-order chi connectivity index (χ1) is 13.2. The number of aromatic amines is 1. The molecule has 0 bridgehead atoms. The van der Waals surface area contributed by atoms with E-state index in [1.807, 2.05) is 23.1 Å². The lowest BCUT2D eigenvalue weighted by Gasteiger charge is -2.32. The van der Waals surface area contributed by atoms with Crippen LogP contribution in [0, 0.1) is 5.82 Å². The molecule has 0 spiro atoms. The number of nitrogens with one attached hydrogen (secondary N) is 1. The minimum absolute atomic E-state index is 0.0382. The molecule has 1 aromatic heterocycles. The zero-order valence-electron chi connectivity index (χ0n) is 15.1. The summed E-state index contributed by atoms with van der Waals surface area (Å²) >= 11 is 0. The van der Waals surface area contributed by atoms with Crippen molar-refractivity contribution in [2.75, 3.05) is 13.1 Å². The Morgan fingerprint density at radius 3 is 2.70 bits per heavy atom. The third-order valence-electron chi connectivity index (χ3n) is 5.12. The Labute approximate surface area is 158 Å². The number of carbonyl (C=O) groups excluding carboxylic acids is 1. The van der Waals surface area contributed by atoms with Crippen LogP contribution >= 0.6 is 0 Å². The molecule has 0 aliphatic carbocycles. The Balaban J connectivity index is 1.44. The topological polar surface area (TPSA) is 49.0 Å². The minimum atomic E-state index is -0.327. The highest BCUT2D eigenvalue weighted by atomic mass is 19.1. The van der Waals surface area contributed by atoms with Crippen molar-refractivity contribution in [2.24, 2.45) is 0 Å². The highest BCUT2D eigenvalue weighted by Gasteiger charge is 2.26. The van der Waals surface area contributed by atoms with E-state index >= 15 is 0 Å². The fraction of sp³-hybridized carbons (Fsp3) is 0.273. The molecule has 27 heavy (non-hydrogen) atoms. The molecule has 5 heteroatoms.